The van der Waals surface area contributed by atoms with Crippen molar-refractivity contribution in [1.29, 1.82) is 0 Å². The quantitative estimate of drug-likeness (QED) is 0.0430. The van der Waals surface area contributed by atoms with Crippen LogP contribution in [0.4, 0.5) is 22.7 Å². The molecule has 0 saturated heterocycles. The van der Waals surface area contributed by atoms with Crippen molar-refractivity contribution >= 4 is 58.8 Å². The van der Waals surface area contributed by atoms with E-state index in [0.717, 1.165) is 68.4 Å². The molecule has 4 aromatic rings. The second-order valence-electron chi connectivity index (χ2n) is 15.8. The van der Waals surface area contributed by atoms with Gasteiger partial charge in [0.15, 0.2) is 0 Å². The first-order valence-corrected chi connectivity index (χ1v) is 20.9. The molecular weight excluding hydrogens is 773 g/mol. The van der Waals surface area contributed by atoms with E-state index in [0.29, 0.717) is 50.9 Å². The molecule has 0 unspecified atom stereocenters. The summed E-state index contributed by atoms with van der Waals surface area (Å²) in [6.45, 7) is 4.53. The number of nitrogens with two attached hydrogens (primary N) is 4. The van der Waals surface area contributed by atoms with Crippen molar-refractivity contribution in [1.82, 2.24) is 0 Å². The molecule has 61 heavy (non-hydrogen) atoms. The molecule has 2 aliphatic rings. The molecular formula is C49H58N4O8. The normalized spacial score (nSPS) is 18.7. The fraction of sp³-hybridized carbons (Fsp3) is 0.347. The van der Waals surface area contributed by atoms with Crippen LogP contribution >= 0.6 is 0 Å². The van der Waals surface area contributed by atoms with Gasteiger partial charge >= 0.3 is 23.9 Å². The van der Waals surface area contributed by atoms with Crippen molar-refractivity contribution in [2.45, 2.75) is 97.1 Å². The number of carbonyl (C=O) groups excluding carboxylic acids is 4. The molecule has 0 amide bonds. The van der Waals surface area contributed by atoms with Crippen molar-refractivity contribution in [3.05, 3.63) is 130 Å². The Morgan fingerprint density at radius 1 is 0.557 bits per heavy atom. The Balaban J connectivity index is 0.000000231. The summed E-state index contributed by atoms with van der Waals surface area (Å²) >= 11 is 0. The van der Waals surface area contributed by atoms with E-state index in [4.69, 9.17) is 41.9 Å². The number of rotatable bonds is 13. The molecule has 2 aliphatic carbocycles. The van der Waals surface area contributed by atoms with Gasteiger partial charge in [-0.05, 0) is 147 Å². The Labute approximate surface area is 358 Å². The predicted molar refractivity (Wildman–Crippen MR) is 239 cm³/mol. The molecule has 0 atom stereocenters. The zero-order valence-electron chi connectivity index (χ0n) is 35.1. The zero-order valence-corrected chi connectivity index (χ0v) is 35.1. The van der Waals surface area contributed by atoms with Gasteiger partial charge in [0.2, 0.25) is 0 Å². The topological polar surface area (TPSA) is 209 Å². The number of esters is 4. The summed E-state index contributed by atoms with van der Waals surface area (Å²) in [6, 6.07) is 24.0. The van der Waals surface area contributed by atoms with E-state index < -0.39 is 11.9 Å². The maximum atomic E-state index is 12.4. The largest absolute Gasteiger partial charge is 0.459 e. The van der Waals surface area contributed by atoms with Crippen molar-refractivity contribution in [3.63, 3.8) is 0 Å². The summed E-state index contributed by atoms with van der Waals surface area (Å²) in [4.78, 5) is 48.6. The third-order valence-electron chi connectivity index (χ3n) is 11.1. The Morgan fingerprint density at radius 2 is 0.951 bits per heavy atom. The van der Waals surface area contributed by atoms with E-state index in [2.05, 4.69) is 13.8 Å². The highest BCUT2D eigenvalue weighted by molar-refractivity contribution is 5.91. The van der Waals surface area contributed by atoms with Gasteiger partial charge in [-0.15, -0.1) is 0 Å². The van der Waals surface area contributed by atoms with Gasteiger partial charge in [-0.1, -0.05) is 44.5 Å². The van der Waals surface area contributed by atoms with Crippen LogP contribution in [0.1, 0.15) is 115 Å². The predicted octanol–water partition coefficient (Wildman–Crippen LogP) is 9.08. The van der Waals surface area contributed by atoms with Gasteiger partial charge in [0.05, 0.1) is 11.1 Å². The molecule has 0 aromatic heterocycles. The van der Waals surface area contributed by atoms with Crippen molar-refractivity contribution in [2.75, 3.05) is 22.9 Å². The van der Waals surface area contributed by atoms with Crippen LogP contribution < -0.4 is 22.9 Å². The molecule has 6 rings (SSSR count). The third-order valence-corrected chi connectivity index (χ3v) is 11.1. The van der Waals surface area contributed by atoms with Gasteiger partial charge in [-0.25, -0.2) is 19.2 Å². The number of nitrogen functional groups attached to an aromatic ring is 4. The number of carbonyl (C=O) groups is 4. The Morgan fingerprint density at radius 3 is 1.34 bits per heavy atom. The monoisotopic (exact) mass is 830 g/mol. The first-order chi connectivity index (χ1) is 29.3. The molecule has 0 spiro atoms. The maximum Gasteiger partial charge on any atom is 0.338 e. The molecule has 2 saturated carbocycles. The molecule has 0 heterocycles. The Hall–Kier alpha value is -6.56. The number of anilines is 4. The number of ether oxygens (including phenoxy) is 4. The van der Waals surface area contributed by atoms with Crippen molar-refractivity contribution < 1.29 is 38.1 Å². The smallest absolute Gasteiger partial charge is 0.338 e. The van der Waals surface area contributed by atoms with Gasteiger partial charge < -0.3 is 41.9 Å². The van der Waals surface area contributed by atoms with Crippen LogP contribution in [0.3, 0.4) is 0 Å². The molecule has 322 valence electrons. The highest BCUT2D eigenvalue weighted by atomic mass is 16.6. The first kappa shape index (κ1) is 45.5. The summed E-state index contributed by atoms with van der Waals surface area (Å²) in [5.74, 6) is -0.115. The van der Waals surface area contributed by atoms with Crippen LogP contribution in [0.5, 0.6) is 0 Å². The maximum absolute atomic E-state index is 12.4. The van der Waals surface area contributed by atoms with E-state index >= 15 is 0 Å². The second-order valence-corrected chi connectivity index (χ2v) is 15.8. The lowest BCUT2D eigenvalue weighted by Gasteiger charge is -2.27. The van der Waals surface area contributed by atoms with E-state index in [1.807, 2.05) is 0 Å². The van der Waals surface area contributed by atoms with Crippen molar-refractivity contribution in [3.8, 4) is 0 Å². The number of hydrogen-bond acceptors (Lipinski definition) is 12. The molecule has 0 bridgehead atoms. The van der Waals surface area contributed by atoms with Crippen LogP contribution in [0.2, 0.25) is 0 Å². The average Bonchev–Trinajstić information content (AvgIpc) is 3.27. The molecule has 0 aliphatic heterocycles. The SMILES string of the molecule is CC1CCC(OC(=O)c2ccc(/C=C/C(=O)OCc3cc(N)ccc3N)cc2)CC1.CCC1CCC(OC(=O)c2ccc(/C=C/C(=O)OCc3cc(N)ccc3N)cc2)CC1. The summed E-state index contributed by atoms with van der Waals surface area (Å²) < 4.78 is 21.7. The lowest BCUT2D eigenvalue weighted by Crippen LogP contribution is -2.24. The van der Waals surface area contributed by atoms with Crippen LogP contribution in [0.15, 0.2) is 97.1 Å². The molecule has 12 nitrogen and oxygen atoms in total. The molecule has 4 aromatic carbocycles. The molecule has 12 heteroatoms. The van der Waals surface area contributed by atoms with E-state index in [9.17, 15) is 19.2 Å². The summed E-state index contributed by atoms with van der Waals surface area (Å²) in [5, 5.41) is 0. The van der Waals surface area contributed by atoms with E-state index in [1.54, 1.807) is 97.1 Å². The fourth-order valence-electron chi connectivity index (χ4n) is 7.13. The first-order valence-electron chi connectivity index (χ1n) is 20.9. The minimum absolute atomic E-state index is 0.0112. The van der Waals surface area contributed by atoms with Gasteiger partial charge in [0.1, 0.15) is 25.4 Å². The summed E-state index contributed by atoms with van der Waals surface area (Å²) in [7, 11) is 0. The summed E-state index contributed by atoms with van der Waals surface area (Å²) in [5.41, 5.74) is 29.2. The van der Waals surface area contributed by atoms with Crippen LogP contribution in [0, 0.1) is 11.8 Å². The van der Waals surface area contributed by atoms with Crippen LogP contribution in [0.25, 0.3) is 12.2 Å². The Bertz CT molecular complexity index is 2150. The molecule has 2 fully saturated rings. The van der Waals surface area contributed by atoms with Crippen LogP contribution in [-0.4, -0.2) is 36.1 Å². The highest BCUT2D eigenvalue weighted by Crippen LogP contribution is 2.29. The third kappa shape index (κ3) is 14.9. The zero-order chi connectivity index (χ0) is 43.7. The van der Waals surface area contributed by atoms with E-state index in [1.165, 1.54) is 18.6 Å². The van der Waals surface area contributed by atoms with Crippen molar-refractivity contribution in [2.24, 2.45) is 11.8 Å². The average molecular weight is 831 g/mol. The lowest BCUT2D eigenvalue weighted by molar-refractivity contribution is -0.139. The number of benzene rings is 4. The van der Waals surface area contributed by atoms with Gasteiger partial charge in [0, 0.05) is 46.0 Å². The van der Waals surface area contributed by atoms with Gasteiger partial charge in [-0.3, -0.25) is 0 Å². The number of hydrogen-bond donors (Lipinski definition) is 4. The lowest BCUT2D eigenvalue weighted by atomic mass is 9.86. The Kier molecular flexibility index (Phi) is 16.9. The molecule has 8 N–H and O–H groups in total. The summed E-state index contributed by atoms with van der Waals surface area (Å²) in [6.07, 6.45) is 15.3. The highest BCUT2D eigenvalue weighted by Gasteiger charge is 2.24. The minimum Gasteiger partial charge on any atom is -0.459 e. The fourth-order valence-corrected chi connectivity index (χ4v) is 7.13. The van der Waals surface area contributed by atoms with Gasteiger partial charge in [0.25, 0.3) is 0 Å². The second kappa shape index (κ2) is 22.7. The minimum atomic E-state index is -0.494. The molecule has 0 radical (unpaired) electrons. The van der Waals surface area contributed by atoms with Gasteiger partial charge in [-0.2, -0.15) is 0 Å². The standard InChI is InChI=1S/C25H30N2O4.C24H28N2O4/c1-2-17-5-11-22(12-6-17)31-25(29)19-8-3-18(4-9-19)7-14-24(28)30-16-20-15-21(26)10-13-23(20)27;1-16-2-10-21(11-3-16)30-24(28)18-7-4-17(5-8-18)6-13-23(27)29-15-19-14-20(25)9-12-22(19)26/h3-4,7-10,13-15,17,22H,2,5-6,11-12,16,26-27H2,1H3;4-9,12-14,16,21H,2-3,10-11,15,25-26H2,1H3/b14-7+;13-6+. The van der Waals surface area contributed by atoms with E-state index in [-0.39, 0.29) is 37.4 Å². The van der Waals surface area contributed by atoms with Crippen LogP contribution in [-0.2, 0) is 41.8 Å².